The predicted molar refractivity (Wildman–Crippen MR) is 151 cm³/mol. The van der Waals surface area contributed by atoms with Crippen LogP contribution >= 0.6 is 0 Å². The molecule has 3 unspecified atom stereocenters. The predicted octanol–water partition coefficient (Wildman–Crippen LogP) is 5.03. The minimum atomic E-state index is -1.53. The molecule has 8 nitrogen and oxygen atoms in total. The molecule has 1 fully saturated rings. The summed E-state index contributed by atoms with van der Waals surface area (Å²) in [6.07, 6.45) is 1.93. The highest BCUT2D eigenvalue weighted by atomic mass is 19.1. The van der Waals surface area contributed by atoms with Gasteiger partial charge in [-0.05, 0) is 49.2 Å². The second kappa shape index (κ2) is 12.0. The Morgan fingerprint density at radius 2 is 1.73 bits per heavy atom. The number of methoxy groups -OCH3 is 2. The number of aliphatic carboxylic acids is 1. The lowest BCUT2D eigenvalue weighted by molar-refractivity contribution is -0.145. The zero-order valence-corrected chi connectivity index (χ0v) is 23.2. The van der Waals surface area contributed by atoms with Gasteiger partial charge < -0.3 is 19.9 Å². The molecule has 0 aliphatic carbocycles. The maximum Gasteiger partial charge on any atom is 0.331 e. The Morgan fingerprint density at radius 3 is 2.33 bits per heavy atom. The smallest absolute Gasteiger partial charge is 0.331 e. The minimum Gasteiger partial charge on any atom is -0.493 e. The average Bonchev–Trinajstić information content (AvgIpc) is 3.25. The van der Waals surface area contributed by atoms with E-state index in [0.29, 0.717) is 41.2 Å². The Hall–Kier alpha value is -4.11. The third kappa shape index (κ3) is 4.97. The fraction of sp³-hybridized carbons (Fsp3) is 0.355. The highest BCUT2D eigenvalue weighted by Gasteiger charge is 2.66. The Balaban J connectivity index is 1.87. The molecule has 3 aromatic carbocycles. The standard InChI is InChI=1S/C31H36FN3O5/c1-5-6-15-26-30(2,29(37)38)35(24-12-8-7-9-13-24)34-31(26,22-16-18-23(32)19-17-22)28(36)33-20-21-11-10-14-25(39-3)27(21)40-4/h7-14,16-19,26,34H,5-6,15,20H2,1-4H3,(H,33,36)(H,37,38). The van der Waals surface area contributed by atoms with Crippen LogP contribution in [0.1, 0.15) is 44.2 Å². The van der Waals surface area contributed by atoms with Crippen molar-refractivity contribution in [1.29, 1.82) is 0 Å². The molecule has 1 heterocycles. The maximum absolute atomic E-state index is 14.5. The molecule has 0 aromatic heterocycles. The van der Waals surface area contributed by atoms with Crippen LogP contribution in [0.25, 0.3) is 0 Å². The number of hydrazine groups is 1. The summed E-state index contributed by atoms with van der Waals surface area (Å²) in [6.45, 7) is 3.75. The van der Waals surface area contributed by atoms with E-state index in [9.17, 15) is 19.1 Å². The zero-order valence-electron chi connectivity index (χ0n) is 23.2. The molecule has 0 saturated carbocycles. The summed E-state index contributed by atoms with van der Waals surface area (Å²) in [4.78, 5) is 27.6. The third-order valence-corrected chi connectivity index (χ3v) is 7.83. The number of halogens is 1. The molecule has 4 rings (SSSR count). The Morgan fingerprint density at radius 1 is 1.02 bits per heavy atom. The number of hydrogen-bond acceptors (Lipinski definition) is 6. The lowest BCUT2D eigenvalue weighted by Gasteiger charge is -2.37. The quantitative estimate of drug-likeness (QED) is 0.309. The second-order valence-electron chi connectivity index (χ2n) is 10.1. The number of benzene rings is 3. The molecule has 40 heavy (non-hydrogen) atoms. The van der Waals surface area contributed by atoms with Crippen LogP contribution in [-0.2, 0) is 21.7 Å². The minimum absolute atomic E-state index is 0.0967. The van der Waals surface area contributed by atoms with Crippen LogP contribution in [0.3, 0.4) is 0 Å². The van der Waals surface area contributed by atoms with Crippen molar-refractivity contribution in [2.24, 2.45) is 5.92 Å². The number of unbranched alkanes of at least 4 members (excludes halogenated alkanes) is 1. The summed E-state index contributed by atoms with van der Waals surface area (Å²) in [5, 5.41) is 15.3. The van der Waals surface area contributed by atoms with Crippen molar-refractivity contribution in [2.45, 2.75) is 50.7 Å². The van der Waals surface area contributed by atoms with Crippen molar-refractivity contribution in [3.8, 4) is 11.5 Å². The number of nitrogens with one attached hydrogen (secondary N) is 2. The highest BCUT2D eigenvalue weighted by Crippen LogP contribution is 2.50. The van der Waals surface area contributed by atoms with E-state index in [4.69, 9.17) is 9.47 Å². The molecule has 212 valence electrons. The number of amides is 1. The summed E-state index contributed by atoms with van der Waals surface area (Å²) in [5.41, 5.74) is 2.04. The molecule has 0 bridgehead atoms. The van der Waals surface area contributed by atoms with Crippen LogP contribution in [0, 0.1) is 11.7 Å². The van der Waals surface area contributed by atoms with Crippen molar-refractivity contribution in [3.05, 3.63) is 89.7 Å². The molecule has 3 atom stereocenters. The van der Waals surface area contributed by atoms with Crippen LogP contribution in [-0.4, -0.2) is 36.7 Å². The van der Waals surface area contributed by atoms with Crippen molar-refractivity contribution in [2.75, 3.05) is 19.2 Å². The van der Waals surface area contributed by atoms with Gasteiger partial charge in [0, 0.05) is 18.0 Å². The summed E-state index contributed by atoms with van der Waals surface area (Å²) in [6, 6.07) is 20.1. The lowest BCUT2D eigenvalue weighted by atomic mass is 9.68. The molecule has 3 aromatic rings. The van der Waals surface area contributed by atoms with E-state index >= 15 is 0 Å². The normalized spacial score (nSPS) is 22.1. The van der Waals surface area contributed by atoms with Gasteiger partial charge in [0.15, 0.2) is 17.0 Å². The Bertz CT molecular complexity index is 1340. The molecule has 0 radical (unpaired) electrons. The lowest BCUT2D eigenvalue weighted by Crippen LogP contribution is -2.56. The maximum atomic E-state index is 14.5. The van der Waals surface area contributed by atoms with E-state index in [1.54, 1.807) is 48.3 Å². The molecule has 1 aliphatic rings. The summed E-state index contributed by atoms with van der Waals surface area (Å²) in [5.74, 6) is -1.67. The van der Waals surface area contributed by atoms with Crippen molar-refractivity contribution >= 4 is 17.6 Å². The SMILES string of the molecule is CCCCC1C(C(=O)NCc2cccc(OC)c2OC)(c2ccc(F)cc2)NN(c2ccccc2)C1(C)C(=O)O. The topological polar surface area (TPSA) is 100 Å². The van der Waals surface area contributed by atoms with E-state index in [1.165, 1.54) is 26.4 Å². The number of carbonyl (C=O) groups excluding carboxylic acids is 1. The van der Waals surface area contributed by atoms with Gasteiger partial charge in [-0.3, -0.25) is 9.80 Å². The molecule has 0 spiro atoms. The monoisotopic (exact) mass is 549 g/mol. The first-order valence-electron chi connectivity index (χ1n) is 13.3. The van der Waals surface area contributed by atoms with Gasteiger partial charge in [-0.1, -0.05) is 62.2 Å². The number of carboxylic acids is 1. The molecular weight excluding hydrogens is 513 g/mol. The van der Waals surface area contributed by atoms with Gasteiger partial charge in [0.05, 0.1) is 19.9 Å². The third-order valence-electron chi connectivity index (χ3n) is 7.83. The van der Waals surface area contributed by atoms with Crippen molar-refractivity contribution < 1.29 is 28.6 Å². The van der Waals surface area contributed by atoms with Crippen LogP contribution in [0.5, 0.6) is 11.5 Å². The first-order valence-corrected chi connectivity index (χ1v) is 13.3. The van der Waals surface area contributed by atoms with E-state index in [1.807, 2.05) is 31.2 Å². The van der Waals surface area contributed by atoms with E-state index in [-0.39, 0.29) is 6.54 Å². The van der Waals surface area contributed by atoms with E-state index in [0.717, 1.165) is 6.42 Å². The largest absolute Gasteiger partial charge is 0.493 e. The zero-order chi connectivity index (χ0) is 28.9. The first kappa shape index (κ1) is 28.9. The number of carbonyl (C=O) groups is 2. The Labute approximate surface area is 234 Å². The number of rotatable bonds is 11. The fourth-order valence-corrected chi connectivity index (χ4v) is 5.73. The van der Waals surface area contributed by atoms with E-state index in [2.05, 4.69) is 10.7 Å². The van der Waals surface area contributed by atoms with Gasteiger partial charge in [0.25, 0.3) is 0 Å². The van der Waals surface area contributed by atoms with Crippen LogP contribution in [0.4, 0.5) is 10.1 Å². The molecular formula is C31H36FN3O5. The highest BCUT2D eigenvalue weighted by molar-refractivity contribution is 5.94. The van der Waals surface area contributed by atoms with Crippen LogP contribution < -0.4 is 25.2 Å². The number of anilines is 1. The number of carboxylic acid groups (broad SMARTS) is 1. The van der Waals surface area contributed by atoms with Crippen molar-refractivity contribution in [1.82, 2.24) is 10.7 Å². The van der Waals surface area contributed by atoms with Gasteiger partial charge in [0.1, 0.15) is 11.4 Å². The van der Waals surface area contributed by atoms with Crippen LogP contribution in [0.2, 0.25) is 0 Å². The number of para-hydroxylation sites is 2. The average molecular weight is 550 g/mol. The number of ether oxygens (including phenoxy) is 2. The summed E-state index contributed by atoms with van der Waals surface area (Å²) < 4.78 is 25.0. The summed E-state index contributed by atoms with van der Waals surface area (Å²) in [7, 11) is 3.06. The van der Waals surface area contributed by atoms with Crippen molar-refractivity contribution in [3.63, 3.8) is 0 Å². The molecule has 1 aliphatic heterocycles. The van der Waals surface area contributed by atoms with Gasteiger partial charge >= 0.3 is 5.97 Å². The second-order valence-corrected chi connectivity index (χ2v) is 10.1. The summed E-state index contributed by atoms with van der Waals surface area (Å²) >= 11 is 0. The van der Waals surface area contributed by atoms with Gasteiger partial charge in [-0.2, -0.15) is 0 Å². The van der Waals surface area contributed by atoms with Gasteiger partial charge in [0.2, 0.25) is 5.91 Å². The first-order chi connectivity index (χ1) is 19.2. The van der Waals surface area contributed by atoms with Gasteiger partial charge in [-0.15, -0.1) is 0 Å². The molecule has 9 heteroatoms. The Kier molecular flexibility index (Phi) is 8.64. The van der Waals surface area contributed by atoms with Gasteiger partial charge in [-0.25, -0.2) is 14.6 Å². The van der Waals surface area contributed by atoms with Crippen LogP contribution in [0.15, 0.2) is 72.8 Å². The number of hydrogen-bond donors (Lipinski definition) is 3. The fourth-order valence-electron chi connectivity index (χ4n) is 5.73. The number of nitrogens with zero attached hydrogens (tertiary/aromatic N) is 1. The molecule has 1 amide bonds. The molecule has 1 saturated heterocycles. The van der Waals surface area contributed by atoms with E-state index < -0.39 is 34.7 Å². The molecule has 3 N–H and O–H groups in total.